The molecule has 0 saturated heterocycles. The SMILES string of the molecule is CS(=O)(=O)NCCCOc1ncc[nH]1. The lowest BCUT2D eigenvalue weighted by Gasteiger charge is -2.02. The third kappa shape index (κ3) is 4.83. The molecule has 1 aromatic heterocycles. The second-order valence-corrected chi connectivity index (χ2v) is 4.60. The smallest absolute Gasteiger partial charge is 0.293 e. The lowest BCUT2D eigenvalue weighted by atomic mass is 10.5. The van der Waals surface area contributed by atoms with E-state index < -0.39 is 10.0 Å². The number of sulfonamides is 1. The number of aromatic nitrogens is 2. The maximum Gasteiger partial charge on any atom is 0.293 e. The Labute approximate surface area is 82.7 Å². The van der Waals surface area contributed by atoms with Gasteiger partial charge in [0.1, 0.15) is 0 Å². The molecule has 0 amide bonds. The summed E-state index contributed by atoms with van der Waals surface area (Å²) < 4.78 is 28.8. The number of hydrogen-bond acceptors (Lipinski definition) is 4. The van der Waals surface area contributed by atoms with Crippen LogP contribution in [-0.4, -0.2) is 37.8 Å². The second kappa shape index (κ2) is 4.97. The molecule has 0 unspecified atom stereocenters. The van der Waals surface area contributed by atoms with Crippen LogP contribution in [0.2, 0.25) is 0 Å². The number of nitrogens with zero attached hydrogens (tertiary/aromatic N) is 1. The van der Waals surface area contributed by atoms with Crippen LogP contribution in [0.4, 0.5) is 0 Å². The summed E-state index contributed by atoms with van der Waals surface area (Å²) in [5, 5.41) is 0. The van der Waals surface area contributed by atoms with Crippen molar-refractivity contribution < 1.29 is 13.2 Å². The molecule has 80 valence electrons. The Morgan fingerprint density at radius 3 is 3.00 bits per heavy atom. The number of rotatable bonds is 6. The van der Waals surface area contributed by atoms with Gasteiger partial charge in [-0.3, -0.25) is 0 Å². The summed E-state index contributed by atoms with van der Waals surface area (Å²) in [5.74, 6) is 0. The van der Waals surface area contributed by atoms with Crippen molar-refractivity contribution in [3.63, 3.8) is 0 Å². The van der Waals surface area contributed by atoms with E-state index in [1.165, 1.54) is 0 Å². The van der Waals surface area contributed by atoms with Gasteiger partial charge in [-0.05, 0) is 6.42 Å². The minimum absolute atomic E-state index is 0.375. The molecular weight excluding hydrogens is 206 g/mol. The summed E-state index contributed by atoms with van der Waals surface area (Å²) >= 11 is 0. The average molecular weight is 219 g/mol. The Morgan fingerprint density at radius 2 is 2.43 bits per heavy atom. The van der Waals surface area contributed by atoms with Crippen molar-refractivity contribution >= 4 is 10.0 Å². The van der Waals surface area contributed by atoms with Crippen LogP contribution in [0.1, 0.15) is 6.42 Å². The normalized spacial score (nSPS) is 11.5. The molecular formula is C7H13N3O3S. The Hall–Kier alpha value is -1.08. The van der Waals surface area contributed by atoms with Gasteiger partial charge in [-0.1, -0.05) is 0 Å². The van der Waals surface area contributed by atoms with Crippen LogP contribution in [0.3, 0.4) is 0 Å². The average Bonchev–Trinajstić information content (AvgIpc) is 2.54. The molecule has 1 rings (SSSR count). The molecule has 0 saturated carbocycles. The fourth-order valence-corrected chi connectivity index (χ4v) is 1.34. The van der Waals surface area contributed by atoms with E-state index in [2.05, 4.69) is 14.7 Å². The highest BCUT2D eigenvalue weighted by Crippen LogP contribution is 1.98. The molecule has 14 heavy (non-hydrogen) atoms. The van der Waals surface area contributed by atoms with Gasteiger partial charge in [-0.2, -0.15) is 0 Å². The van der Waals surface area contributed by atoms with Gasteiger partial charge in [-0.15, -0.1) is 0 Å². The number of nitrogens with one attached hydrogen (secondary N) is 2. The van der Waals surface area contributed by atoms with Crippen LogP contribution in [0.15, 0.2) is 12.4 Å². The monoisotopic (exact) mass is 219 g/mol. The number of aromatic amines is 1. The van der Waals surface area contributed by atoms with Crippen molar-refractivity contribution in [1.29, 1.82) is 0 Å². The quantitative estimate of drug-likeness (QED) is 0.645. The first-order valence-electron chi connectivity index (χ1n) is 4.15. The summed E-state index contributed by atoms with van der Waals surface area (Å²) in [5.41, 5.74) is 0. The van der Waals surface area contributed by atoms with Crippen LogP contribution < -0.4 is 9.46 Å². The molecule has 0 radical (unpaired) electrons. The molecule has 7 heteroatoms. The van der Waals surface area contributed by atoms with Gasteiger partial charge < -0.3 is 9.72 Å². The molecule has 6 nitrogen and oxygen atoms in total. The molecule has 0 aliphatic rings. The molecule has 0 spiro atoms. The summed E-state index contributed by atoms with van der Waals surface area (Å²) in [6.07, 6.45) is 4.97. The number of H-pyrrole nitrogens is 1. The van der Waals surface area contributed by atoms with Gasteiger partial charge in [0, 0.05) is 18.9 Å². The Morgan fingerprint density at radius 1 is 1.64 bits per heavy atom. The van der Waals surface area contributed by atoms with E-state index in [9.17, 15) is 8.42 Å². The van der Waals surface area contributed by atoms with E-state index in [4.69, 9.17) is 4.74 Å². The summed E-state index contributed by atoms with van der Waals surface area (Å²) in [6.45, 7) is 0.801. The third-order valence-corrected chi connectivity index (χ3v) is 2.13. The van der Waals surface area contributed by atoms with E-state index in [1.807, 2.05) is 0 Å². The Kier molecular flexibility index (Phi) is 3.90. The van der Waals surface area contributed by atoms with Crippen molar-refractivity contribution in [2.45, 2.75) is 6.42 Å². The zero-order valence-corrected chi connectivity index (χ0v) is 8.67. The minimum atomic E-state index is -3.09. The van der Waals surface area contributed by atoms with Gasteiger partial charge in [0.05, 0.1) is 12.9 Å². The highest BCUT2D eigenvalue weighted by molar-refractivity contribution is 7.88. The van der Waals surface area contributed by atoms with Crippen LogP contribution in [-0.2, 0) is 10.0 Å². The fraction of sp³-hybridized carbons (Fsp3) is 0.571. The standard InChI is InChI=1S/C7H13N3O3S/c1-14(11,12)10-3-2-6-13-7-8-4-5-9-7/h4-5,10H,2-3,6H2,1H3,(H,8,9). The maximum absolute atomic E-state index is 10.7. The lowest BCUT2D eigenvalue weighted by Crippen LogP contribution is -2.24. The van der Waals surface area contributed by atoms with E-state index in [1.54, 1.807) is 12.4 Å². The molecule has 1 aromatic rings. The molecule has 0 atom stereocenters. The molecule has 0 fully saturated rings. The highest BCUT2D eigenvalue weighted by Gasteiger charge is 1.99. The van der Waals surface area contributed by atoms with Crippen molar-refractivity contribution in [3.05, 3.63) is 12.4 Å². The van der Waals surface area contributed by atoms with Crippen molar-refractivity contribution in [2.24, 2.45) is 0 Å². The number of imidazole rings is 1. The number of hydrogen-bond donors (Lipinski definition) is 2. The molecule has 2 N–H and O–H groups in total. The molecule has 0 aliphatic heterocycles. The van der Waals surface area contributed by atoms with Gasteiger partial charge in [0.25, 0.3) is 6.01 Å². The van der Waals surface area contributed by atoms with Crippen LogP contribution in [0.25, 0.3) is 0 Å². The van der Waals surface area contributed by atoms with Gasteiger partial charge in [0.2, 0.25) is 10.0 Å². The van der Waals surface area contributed by atoms with Gasteiger partial charge in [0.15, 0.2) is 0 Å². The Balaban J connectivity index is 2.06. The maximum atomic E-state index is 10.7. The van der Waals surface area contributed by atoms with E-state index >= 15 is 0 Å². The molecule has 0 aliphatic carbocycles. The predicted octanol–water partition coefficient (Wildman–Crippen LogP) is -0.272. The summed E-state index contributed by atoms with van der Waals surface area (Å²) in [4.78, 5) is 6.62. The zero-order chi connectivity index (χ0) is 10.4. The Bertz CT molecular complexity index is 346. The van der Waals surface area contributed by atoms with Crippen molar-refractivity contribution in [1.82, 2.24) is 14.7 Å². The molecule has 0 bridgehead atoms. The predicted molar refractivity (Wildman–Crippen MR) is 51.5 cm³/mol. The largest absolute Gasteiger partial charge is 0.465 e. The van der Waals surface area contributed by atoms with Crippen LogP contribution in [0.5, 0.6) is 6.01 Å². The third-order valence-electron chi connectivity index (χ3n) is 1.40. The van der Waals surface area contributed by atoms with Crippen molar-refractivity contribution in [2.75, 3.05) is 19.4 Å². The van der Waals surface area contributed by atoms with Crippen molar-refractivity contribution in [3.8, 4) is 6.01 Å². The summed E-state index contributed by atoms with van der Waals surface area (Å²) in [6, 6.07) is 0.448. The highest BCUT2D eigenvalue weighted by atomic mass is 32.2. The summed E-state index contributed by atoms with van der Waals surface area (Å²) in [7, 11) is -3.09. The first-order valence-corrected chi connectivity index (χ1v) is 6.04. The fourth-order valence-electron chi connectivity index (χ4n) is 0.828. The first kappa shape index (κ1) is 11.0. The van der Waals surface area contributed by atoms with E-state index in [0.717, 1.165) is 6.26 Å². The lowest BCUT2D eigenvalue weighted by molar-refractivity contribution is 0.290. The second-order valence-electron chi connectivity index (χ2n) is 2.76. The topological polar surface area (TPSA) is 84.1 Å². The van der Waals surface area contributed by atoms with E-state index in [0.29, 0.717) is 25.6 Å². The van der Waals surface area contributed by atoms with Gasteiger partial charge in [-0.25, -0.2) is 18.1 Å². The first-order chi connectivity index (χ1) is 6.58. The molecule has 0 aromatic carbocycles. The number of ether oxygens (including phenoxy) is 1. The zero-order valence-electron chi connectivity index (χ0n) is 7.86. The molecule has 1 heterocycles. The van der Waals surface area contributed by atoms with Crippen LogP contribution in [0, 0.1) is 0 Å². The van der Waals surface area contributed by atoms with Gasteiger partial charge >= 0.3 is 0 Å². The van der Waals surface area contributed by atoms with Crippen LogP contribution >= 0.6 is 0 Å². The van der Waals surface area contributed by atoms with E-state index in [-0.39, 0.29) is 0 Å². The minimum Gasteiger partial charge on any atom is -0.465 e.